The minimum absolute atomic E-state index is 0.0555. The topological polar surface area (TPSA) is 55.8 Å². The first-order valence-electron chi connectivity index (χ1n) is 6.84. The predicted molar refractivity (Wildman–Crippen MR) is 83.3 cm³/mol. The van der Waals surface area contributed by atoms with Gasteiger partial charge in [0.15, 0.2) is 0 Å². The first-order valence-corrected chi connectivity index (χ1v) is 6.84. The molecule has 2 amide bonds. The first kappa shape index (κ1) is 16.3. The van der Waals surface area contributed by atoms with Crippen LogP contribution in [0.25, 0.3) is 0 Å². The van der Waals surface area contributed by atoms with Gasteiger partial charge >= 0.3 is 6.03 Å². The number of aliphatic hydroxyl groups is 1. The average molecular weight is 279 g/mol. The highest BCUT2D eigenvalue weighted by Crippen LogP contribution is 2.20. The Morgan fingerprint density at radius 1 is 1.30 bits per heavy atom. The van der Waals surface area contributed by atoms with Crippen molar-refractivity contribution in [1.82, 2.24) is 4.90 Å². The number of urea groups is 1. The number of hydrogen-bond donors (Lipinski definition) is 2. The Morgan fingerprint density at radius 2 is 1.95 bits per heavy atom. The summed E-state index contributed by atoms with van der Waals surface area (Å²) in [6, 6.07) is 7.67. The van der Waals surface area contributed by atoms with Gasteiger partial charge < -0.3 is 20.2 Å². The Labute approximate surface area is 121 Å². The van der Waals surface area contributed by atoms with Crippen LogP contribution in [0.2, 0.25) is 0 Å². The molecule has 0 fully saturated rings. The van der Waals surface area contributed by atoms with Crippen molar-refractivity contribution in [2.45, 2.75) is 32.9 Å². The molecule has 1 atom stereocenters. The summed E-state index contributed by atoms with van der Waals surface area (Å²) >= 11 is 0. The molecule has 0 saturated carbocycles. The van der Waals surface area contributed by atoms with Crippen LogP contribution in [-0.4, -0.2) is 48.8 Å². The second kappa shape index (κ2) is 7.14. The largest absolute Gasteiger partial charge is 0.394 e. The van der Waals surface area contributed by atoms with E-state index in [2.05, 4.69) is 24.1 Å². The van der Waals surface area contributed by atoms with E-state index in [1.807, 2.05) is 31.3 Å². The monoisotopic (exact) mass is 279 g/mol. The molecule has 0 spiro atoms. The van der Waals surface area contributed by atoms with E-state index in [1.54, 1.807) is 14.0 Å². The maximum Gasteiger partial charge on any atom is 0.321 e. The molecule has 0 radical (unpaired) electrons. The van der Waals surface area contributed by atoms with Crippen LogP contribution in [0.4, 0.5) is 16.2 Å². The van der Waals surface area contributed by atoms with Crippen molar-refractivity contribution in [1.29, 1.82) is 0 Å². The Kier molecular flexibility index (Phi) is 5.82. The Morgan fingerprint density at radius 3 is 2.50 bits per heavy atom. The Hall–Kier alpha value is -1.75. The van der Waals surface area contributed by atoms with Gasteiger partial charge in [0.25, 0.3) is 0 Å². The van der Waals surface area contributed by atoms with Crippen LogP contribution >= 0.6 is 0 Å². The lowest BCUT2D eigenvalue weighted by atomic mass is 10.2. The second-order valence-corrected chi connectivity index (χ2v) is 5.33. The number of nitrogens with one attached hydrogen (secondary N) is 1. The quantitative estimate of drug-likeness (QED) is 0.870. The standard InChI is InChI=1S/C15H25N3O2/c1-11(2)17(4)14-8-6-7-13(9-14)16-15(20)18(5)12(3)10-19/h6-9,11-12,19H,10H2,1-5H3,(H,16,20). The zero-order chi connectivity index (χ0) is 15.3. The van der Waals surface area contributed by atoms with E-state index in [4.69, 9.17) is 5.11 Å². The van der Waals surface area contributed by atoms with Crippen molar-refractivity contribution in [2.24, 2.45) is 0 Å². The summed E-state index contributed by atoms with van der Waals surface area (Å²) in [7, 11) is 3.69. The maximum absolute atomic E-state index is 12.0. The molecule has 5 nitrogen and oxygen atoms in total. The fourth-order valence-electron chi connectivity index (χ4n) is 1.64. The fourth-order valence-corrected chi connectivity index (χ4v) is 1.64. The molecule has 2 N–H and O–H groups in total. The van der Waals surface area contributed by atoms with Gasteiger partial charge in [0, 0.05) is 31.5 Å². The van der Waals surface area contributed by atoms with Crippen molar-refractivity contribution < 1.29 is 9.90 Å². The van der Waals surface area contributed by atoms with Crippen LogP contribution in [0.5, 0.6) is 0 Å². The van der Waals surface area contributed by atoms with Gasteiger partial charge in [-0.3, -0.25) is 0 Å². The number of nitrogens with zero attached hydrogens (tertiary/aromatic N) is 2. The molecule has 0 heterocycles. The summed E-state index contributed by atoms with van der Waals surface area (Å²) in [4.78, 5) is 15.6. The number of benzene rings is 1. The van der Waals surface area contributed by atoms with Gasteiger partial charge in [-0.25, -0.2) is 4.79 Å². The summed E-state index contributed by atoms with van der Waals surface area (Å²) in [5.41, 5.74) is 1.80. The van der Waals surface area contributed by atoms with Crippen LogP contribution in [0.15, 0.2) is 24.3 Å². The van der Waals surface area contributed by atoms with Gasteiger partial charge in [-0.2, -0.15) is 0 Å². The molecule has 0 saturated heterocycles. The third-order valence-electron chi connectivity index (χ3n) is 3.53. The SMILES string of the molecule is CC(CO)N(C)C(=O)Nc1cccc(N(C)C(C)C)c1. The van der Waals surface area contributed by atoms with Gasteiger partial charge in [-0.1, -0.05) is 6.07 Å². The van der Waals surface area contributed by atoms with E-state index in [1.165, 1.54) is 4.90 Å². The van der Waals surface area contributed by atoms with Crippen LogP contribution in [-0.2, 0) is 0 Å². The van der Waals surface area contributed by atoms with E-state index in [9.17, 15) is 4.79 Å². The van der Waals surface area contributed by atoms with Crippen LogP contribution in [0, 0.1) is 0 Å². The van der Waals surface area contributed by atoms with Gasteiger partial charge in [0.2, 0.25) is 0 Å². The molecule has 1 aromatic rings. The Bertz CT molecular complexity index is 448. The van der Waals surface area contributed by atoms with Crippen molar-refractivity contribution in [3.63, 3.8) is 0 Å². The molecular formula is C15H25N3O2. The van der Waals surface area contributed by atoms with Gasteiger partial charge in [0.1, 0.15) is 0 Å². The smallest absolute Gasteiger partial charge is 0.321 e. The number of hydrogen-bond acceptors (Lipinski definition) is 3. The number of anilines is 2. The van der Waals surface area contributed by atoms with E-state index >= 15 is 0 Å². The minimum Gasteiger partial charge on any atom is -0.394 e. The van der Waals surface area contributed by atoms with E-state index in [0.717, 1.165) is 11.4 Å². The highest BCUT2D eigenvalue weighted by atomic mass is 16.3. The fraction of sp³-hybridized carbons (Fsp3) is 0.533. The number of carbonyl (C=O) groups excluding carboxylic acids is 1. The number of rotatable bonds is 5. The summed E-state index contributed by atoms with van der Waals surface area (Å²) in [6.07, 6.45) is 0. The third kappa shape index (κ3) is 4.13. The summed E-state index contributed by atoms with van der Waals surface area (Å²) in [6.45, 7) is 5.96. The van der Waals surface area contributed by atoms with Gasteiger partial charge in [-0.15, -0.1) is 0 Å². The number of carbonyl (C=O) groups is 1. The summed E-state index contributed by atoms with van der Waals surface area (Å²) < 4.78 is 0. The van der Waals surface area contributed by atoms with Gasteiger partial charge in [0.05, 0.1) is 12.6 Å². The number of aliphatic hydroxyl groups excluding tert-OH is 1. The highest BCUT2D eigenvalue weighted by Gasteiger charge is 2.15. The maximum atomic E-state index is 12.0. The molecule has 20 heavy (non-hydrogen) atoms. The molecule has 0 aliphatic rings. The van der Waals surface area contributed by atoms with Gasteiger partial charge in [-0.05, 0) is 39.0 Å². The molecular weight excluding hydrogens is 254 g/mol. The van der Waals surface area contributed by atoms with Crippen molar-refractivity contribution in [3.05, 3.63) is 24.3 Å². The molecule has 0 aliphatic heterocycles. The molecule has 5 heteroatoms. The average Bonchev–Trinajstić information content (AvgIpc) is 2.44. The lowest BCUT2D eigenvalue weighted by molar-refractivity contribution is 0.166. The van der Waals surface area contributed by atoms with Crippen LogP contribution in [0.1, 0.15) is 20.8 Å². The molecule has 0 aromatic heterocycles. The molecule has 0 bridgehead atoms. The lowest BCUT2D eigenvalue weighted by Crippen LogP contribution is -2.40. The number of likely N-dealkylation sites (N-methyl/N-ethyl adjacent to an activating group) is 1. The molecule has 0 aliphatic carbocycles. The lowest BCUT2D eigenvalue weighted by Gasteiger charge is -2.25. The van der Waals surface area contributed by atoms with Crippen LogP contribution < -0.4 is 10.2 Å². The second-order valence-electron chi connectivity index (χ2n) is 5.33. The van der Waals surface area contributed by atoms with E-state index < -0.39 is 0 Å². The summed E-state index contributed by atoms with van der Waals surface area (Å²) in [5, 5.41) is 11.9. The highest BCUT2D eigenvalue weighted by molar-refractivity contribution is 5.89. The van der Waals surface area contributed by atoms with E-state index in [0.29, 0.717) is 6.04 Å². The molecule has 1 aromatic carbocycles. The van der Waals surface area contributed by atoms with Crippen molar-refractivity contribution in [2.75, 3.05) is 30.9 Å². The molecule has 1 unspecified atom stereocenters. The third-order valence-corrected chi connectivity index (χ3v) is 3.53. The predicted octanol–water partition coefficient (Wildman–Crippen LogP) is 2.38. The minimum atomic E-state index is -0.226. The van der Waals surface area contributed by atoms with Crippen molar-refractivity contribution in [3.8, 4) is 0 Å². The van der Waals surface area contributed by atoms with Crippen molar-refractivity contribution >= 4 is 17.4 Å². The molecule has 112 valence electrons. The summed E-state index contributed by atoms with van der Waals surface area (Å²) in [5.74, 6) is 0. The van der Waals surface area contributed by atoms with Crippen LogP contribution in [0.3, 0.4) is 0 Å². The van der Waals surface area contributed by atoms with E-state index in [-0.39, 0.29) is 18.7 Å². The first-order chi connectivity index (χ1) is 9.36. The normalized spacial score (nSPS) is 12.2. The number of amides is 2. The zero-order valence-electron chi connectivity index (χ0n) is 12.9. The zero-order valence-corrected chi connectivity index (χ0v) is 12.9. The molecule has 1 rings (SSSR count). The Balaban J connectivity index is 2.78.